The molecule has 0 spiro atoms. The normalized spacial score (nSPS) is 10.8. The first-order valence-corrected chi connectivity index (χ1v) is 8.05. The predicted molar refractivity (Wildman–Crippen MR) is 85.9 cm³/mol. The van der Waals surface area contributed by atoms with Crippen LogP contribution < -0.4 is 0 Å². The van der Waals surface area contributed by atoms with E-state index >= 15 is 0 Å². The number of aromatic nitrogens is 1. The molecule has 1 aromatic rings. The van der Waals surface area contributed by atoms with Gasteiger partial charge in [0.25, 0.3) is 5.91 Å². The van der Waals surface area contributed by atoms with Crippen LogP contribution in [0.15, 0.2) is 22.8 Å². The Bertz CT molecular complexity index is 421. The van der Waals surface area contributed by atoms with Gasteiger partial charge >= 0.3 is 0 Å². The van der Waals surface area contributed by atoms with Crippen LogP contribution >= 0.6 is 15.9 Å². The molecule has 0 N–H and O–H groups in total. The van der Waals surface area contributed by atoms with Crippen molar-refractivity contribution < 1.29 is 4.79 Å². The van der Waals surface area contributed by atoms with Crippen LogP contribution in [0.4, 0.5) is 0 Å². The van der Waals surface area contributed by atoms with Crippen LogP contribution in [0.3, 0.4) is 0 Å². The molecule has 1 rings (SSSR count). The van der Waals surface area contributed by atoms with Crippen LogP contribution in [-0.2, 0) is 0 Å². The van der Waals surface area contributed by atoms with E-state index in [0.717, 1.165) is 32.6 Å². The molecule has 0 aliphatic carbocycles. The minimum absolute atomic E-state index is 0.00773. The molecule has 0 aromatic carbocycles. The van der Waals surface area contributed by atoms with Gasteiger partial charge < -0.3 is 9.80 Å². The molecule has 0 radical (unpaired) electrons. The van der Waals surface area contributed by atoms with Crippen LogP contribution in [0.2, 0.25) is 0 Å². The van der Waals surface area contributed by atoms with Crippen molar-refractivity contribution in [3.05, 3.63) is 28.5 Å². The maximum atomic E-state index is 12.4. The predicted octanol–water partition coefficient (Wildman–Crippen LogP) is 3.04. The highest BCUT2D eigenvalue weighted by Gasteiger charge is 2.15. The number of hydrogen-bond donors (Lipinski definition) is 0. The summed E-state index contributed by atoms with van der Waals surface area (Å²) in [6.45, 7) is 11.0. The van der Waals surface area contributed by atoms with Crippen molar-refractivity contribution in [2.75, 3.05) is 32.7 Å². The number of amides is 1. The molecule has 1 aromatic heterocycles. The van der Waals surface area contributed by atoms with Crippen LogP contribution in [0.25, 0.3) is 0 Å². The van der Waals surface area contributed by atoms with E-state index in [2.05, 4.69) is 39.7 Å². The summed E-state index contributed by atoms with van der Waals surface area (Å²) < 4.78 is 0.697. The average molecular weight is 342 g/mol. The molecular formula is C15H24BrN3O. The lowest BCUT2D eigenvalue weighted by Crippen LogP contribution is -2.34. The maximum Gasteiger partial charge on any atom is 0.272 e. The zero-order valence-corrected chi connectivity index (χ0v) is 14.2. The molecule has 4 nitrogen and oxygen atoms in total. The molecule has 1 amide bonds. The summed E-state index contributed by atoms with van der Waals surface area (Å²) in [5, 5.41) is 0. The van der Waals surface area contributed by atoms with Gasteiger partial charge in [0.05, 0.1) is 0 Å². The Kier molecular flexibility index (Phi) is 7.77. The molecule has 1 heterocycles. The SMILES string of the molecule is CCN(CC)CCCN(CC)C(=O)c1cccc(Br)n1. The third kappa shape index (κ3) is 5.21. The summed E-state index contributed by atoms with van der Waals surface area (Å²) in [6, 6.07) is 5.43. The summed E-state index contributed by atoms with van der Waals surface area (Å²) in [4.78, 5) is 20.8. The lowest BCUT2D eigenvalue weighted by Gasteiger charge is -2.23. The molecular weight excluding hydrogens is 318 g/mol. The third-order valence-electron chi connectivity index (χ3n) is 3.40. The molecule has 0 aliphatic rings. The van der Waals surface area contributed by atoms with Gasteiger partial charge in [-0.2, -0.15) is 0 Å². The van der Waals surface area contributed by atoms with E-state index in [1.165, 1.54) is 0 Å². The molecule has 5 heteroatoms. The van der Waals surface area contributed by atoms with E-state index < -0.39 is 0 Å². The van der Waals surface area contributed by atoms with Crippen LogP contribution in [0, 0.1) is 0 Å². The molecule has 0 saturated carbocycles. The summed E-state index contributed by atoms with van der Waals surface area (Å²) in [7, 11) is 0. The Morgan fingerprint density at radius 3 is 2.40 bits per heavy atom. The van der Waals surface area contributed by atoms with Gasteiger partial charge in [0.2, 0.25) is 0 Å². The fourth-order valence-corrected chi connectivity index (χ4v) is 2.46. The second-order valence-corrected chi connectivity index (χ2v) is 5.42. The monoisotopic (exact) mass is 341 g/mol. The fourth-order valence-electron chi connectivity index (χ4n) is 2.12. The quantitative estimate of drug-likeness (QED) is 0.682. The standard InChI is InChI=1S/C15H24BrN3O/c1-4-18(5-2)11-8-12-19(6-3)15(20)13-9-7-10-14(16)17-13/h7,9-10H,4-6,8,11-12H2,1-3H3. The highest BCUT2D eigenvalue weighted by atomic mass is 79.9. The van der Waals surface area contributed by atoms with Crippen molar-refractivity contribution in [2.45, 2.75) is 27.2 Å². The van der Waals surface area contributed by atoms with E-state index in [4.69, 9.17) is 0 Å². The first-order valence-electron chi connectivity index (χ1n) is 7.26. The highest BCUT2D eigenvalue weighted by Crippen LogP contribution is 2.09. The van der Waals surface area contributed by atoms with Gasteiger partial charge in [0.15, 0.2) is 0 Å². The number of halogens is 1. The molecule has 0 saturated heterocycles. The third-order valence-corrected chi connectivity index (χ3v) is 3.84. The molecule has 0 aliphatic heterocycles. The van der Waals surface area contributed by atoms with Crippen molar-refractivity contribution in [1.82, 2.24) is 14.8 Å². The van der Waals surface area contributed by atoms with Crippen molar-refractivity contribution in [2.24, 2.45) is 0 Å². The second kappa shape index (κ2) is 9.08. The molecule has 0 fully saturated rings. The van der Waals surface area contributed by atoms with Crippen LogP contribution in [0.1, 0.15) is 37.7 Å². The summed E-state index contributed by atoms with van der Waals surface area (Å²) in [5.41, 5.74) is 0.504. The van der Waals surface area contributed by atoms with Crippen molar-refractivity contribution in [1.29, 1.82) is 0 Å². The van der Waals surface area contributed by atoms with E-state index in [9.17, 15) is 4.79 Å². The smallest absolute Gasteiger partial charge is 0.272 e. The minimum Gasteiger partial charge on any atom is -0.338 e. The first-order chi connectivity index (χ1) is 9.62. The van der Waals surface area contributed by atoms with E-state index in [1.54, 1.807) is 6.07 Å². The lowest BCUT2D eigenvalue weighted by atomic mass is 10.3. The Labute approximate surface area is 130 Å². The number of pyridine rings is 1. The van der Waals surface area contributed by atoms with Gasteiger partial charge in [-0.3, -0.25) is 4.79 Å². The molecule has 0 atom stereocenters. The van der Waals surface area contributed by atoms with Gasteiger partial charge in [-0.25, -0.2) is 4.98 Å². The van der Waals surface area contributed by atoms with E-state index in [-0.39, 0.29) is 5.91 Å². The van der Waals surface area contributed by atoms with E-state index in [1.807, 2.05) is 24.0 Å². The zero-order chi connectivity index (χ0) is 15.0. The van der Waals surface area contributed by atoms with Crippen LogP contribution in [0.5, 0.6) is 0 Å². The maximum absolute atomic E-state index is 12.4. The van der Waals surface area contributed by atoms with Gasteiger partial charge in [-0.1, -0.05) is 19.9 Å². The van der Waals surface area contributed by atoms with Gasteiger partial charge in [0, 0.05) is 13.1 Å². The van der Waals surface area contributed by atoms with E-state index in [0.29, 0.717) is 16.8 Å². The van der Waals surface area contributed by atoms with Crippen molar-refractivity contribution in [3.63, 3.8) is 0 Å². The fraction of sp³-hybridized carbons (Fsp3) is 0.600. The van der Waals surface area contributed by atoms with Crippen molar-refractivity contribution in [3.8, 4) is 0 Å². The topological polar surface area (TPSA) is 36.4 Å². The van der Waals surface area contributed by atoms with Gasteiger partial charge in [-0.15, -0.1) is 0 Å². The Balaban J connectivity index is 2.55. The lowest BCUT2D eigenvalue weighted by molar-refractivity contribution is 0.0751. The Hall–Kier alpha value is -0.940. The number of rotatable bonds is 8. The second-order valence-electron chi connectivity index (χ2n) is 4.61. The van der Waals surface area contributed by atoms with Crippen LogP contribution in [-0.4, -0.2) is 53.4 Å². The molecule has 112 valence electrons. The summed E-state index contributed by atoms with van der Waals surface area (Å²) >= 11 is 3.30. The van der Waals surface area contributed by atoms with Gasteiger partial charge in [0.1, 0.15) is 10.3 Å². The zero-order valence-electron chi connectivity index (χ0n) is 12.6. The Morgan fingerprint density at radius 1 is 1.15 bits per heavy atom. The number of carbonyl (C=O) groups excluding carboxylic acids is 1. The summed E-state index contributed by atoms with van der Waals surface area (Å²) in [6.07, 6.45) is 0.995. The summed E-state index contributed by atoms with van der Waals surface area (Å²) in [5.74, 6) is 0.00773. The molecule has 0 bridgehead atoms. The number of hydrogen-bond acceptors (Lipinski definition) is 3. The average Bonchev–Trinajstić information content (AvgIpc) is 2.47. The van der Waals surface area contributed by atoms with Crippen molar-refractivity contribution >= 4 is 21.8 Å². The first kappa shape index (κ1) is 17.1. The molecule has 20 heavy (non-hydrogen) atoms. The highest BCUT2D eigenvalue weighted by molar-refractivity contribution is 9.10. The Morgan fingerprint density at radius 2 is 1.85 bits per heavy atom. The van der Waals surface area contributed by atoms with Gasteiger partial charge in [-0.05, 0) is 61.0 Å². The molecule has 0 unspecified atom stereocenters. The largest absolute Gasteiger partial charge is 0.338 e. The minimum atomic E-state index is 0.00773. The number of nitrogens with zero attached hydrogens (tertiary/aromatic N) is 3. The number of carbonyl (C=O) groups is 1.